The standard InChI is InChI=1S/C23H28N4S/c1-5-23(3,4)17-11-12-19-18(13-17)20-21(24-14-25-22(20)28-19)27-26-15(2)16-9-7-6-8-10-16/h6-10,14,17H,5,11-13H2,1-4H3,(H,24,25,27)/b26-15+. The molecule has 5 heteroatoms. The number of nitrogens with one attached hydrogen (secondary N) is 1. The Kier molecular flexibility index (Phi) is 5.19. The topological polar surface area (TPSA) is 50.2 Å². The molecule has 1 aliphatic carbocycles. The lowest BCUT2D eigenvalue weighted by Gasteiger charge is -2.36. The van der Waals surface area contributed by atoms with Crippen molar-refractivity contribution in [3.8, 4) is 0 Å². The van der Waals surface area contributed by atoms with Crippen LogP contribution in [0, 0.1) is 11.3 Å². The minimum absolute atomic E-state index is 0.358. The van der Waals surface area contributed by atoms with E-state index in [0.717, 1.165) is 34.8 Å². The maximum atomic E-state index is 4.61. The van der Waals surface area contributed by atoms with Gasteiger partial charge in [-0.2, -0.15) is 5.10 Å². The van der Waals surface area contributed by atoms with Crippen molar-refractivity contribution in [2.24, 2.45) is 16.4 Å². The Morgan fingerprint density at radius 1 is 1.25 bits per heavy atom. The van der Waals surface area contributed by atoms with E-state index in [4.69, 9.17) is 0 Å². The van der Waals surface area contributed by atoms with E-state index in [-0.39, 0.29) is 0 Å². The predicted molar refractivity (Wildman–Crippen MR) is 119 cm³/mol. The van der Waals surface area contributed by atoms with E-state index >= 15 is 0 Å². The lowest BCUT2D eigenvalue weighted by Crippen LogP contribution is -2.28. The van der Waals surface area contributed by atoms with Crippen LogP contribution in [0.4, 0.5) is 5.82 Å². The van der Waals surface area contributed by atoms with Gasteiger partial charge in [-0.1, -0.05) is 57.5 Å². The first kappa shape index (κ1) is 19.1. The van der Waals surface area contributed by atoms with Crippen molar-refractivity contribution in [3.05, 3.63) is 52.7 Å². The molecule has 0 bridgehead atoms. The van der Waals surface area contributed by atoms with Gasteiger partial charge < -0.3 is 0 Å². The molecular formula is C23H28N4S. The molecule has 28 heavy (non-hydrogen) atoms. The molecule has 0 spiro atoms. The number of rotatable bonds is 5. The number of aromatic nitrogens is 2. The summed E-state index contributed by atoms with van der Waals surface area (Å²) in [6.07, 6.45) is 6.38. The van der Waals surface area contributed by atoms with Crippen LogP contribution in [-0.2, 0) is 12.8 Å². The van der Waals surface area contributed by atoms with Crippen molar-refractivity contribution in [1.29, 1.82) is 0 Å². The van der Waals surface area contributed by atoms with Gasteiger partial charge in [0.2, 0.25) is 0 Å². The number of anilines is 1. The Bertz CT molecular complexity index is 1000. The SMILES string of the molecule is CCC(C)(C)C1CCc2sc3ncnc(N/N=C(\C)c4ccccc4)c3c2C1. The molecule has 1 atom stereocenters. The van der Waals surface area contributed by atoms with E-state index < -0.39 is 0 Å². The fourth-order valence-electron chi connectivity index (χ4n) is 4.03. The van der Waals surface area contributed by atoms with Crippen molar-refractivity contribution in [2.45, 2.75) is 53.4 Å². The van der Waals surface area contributed by atoms with Gasteiger partial charge in [-0.25, -0.2) is 9.97 Å². The number of benzene rings is 1. The summed E-state index contributed by atoms with van der Waals surface area (Å²) in [5, 5.41) is 5.78. The van der Waals surface area contributed by atoms with Gasteiger partial charge >= 0.3 is 0 Å². The summed E-state index contributed by atoms with van der Waals surface area (Å²) in [5.74, 6) is 1.53. The van der Waals surface area contributed by atoms with Gasteiger partial charge in [-0.15, -0.1) is 11.3 Å². The highest BCUT2D eigenvalue weighted by molar-refractivity contribution is 7.19. The number of nitrogens with zero attached hydrogens (tertiary/aromatic N) is 3. The number of fused-ring (bicyclic) bond motifs is 3. The molecule has 1 aliphatic rings. The van der Waals surface area contributed by atoms with Crippen LogP contribution in [0.15, 0.2) is 41.8 Å². The zero-order valence-corrected chi connectivity index (χ0v) is 17.9. The molecule has 4 rings (SSSR count). The van der Waals surface area contributed by atoms with Gasteiger partial charge in [0.15, 0.2) is 5.82 Å². The molecule has 2 aromatic heterocycles. The number of hydrogen-bond donors (Lipinski definition) is 1. The Morgan fingerprint density at radius 2 is 2.04 bits per heavy atom. The normalized spacial score (nSPS) is 17.6. The van der Waals surface area contributed by atoms with E-state index in [2.05, 4.69) is 53.4 Å². The summed E-state index contributed by atoms with van der Waals surface area (Å²) in [7, 11) is 0. The quantitative estimate of drug-likeness (QED) is 0.423. The molecule has 0 amide bonds. The number of hydrazone groups is 1. The first-order chi connectivity index (χ1) is 13.5. The van der Waals surface area contributed by atoms with Crippen LogP contribution in [0.2, 0.25) is 0 Å². The highest BCUT2D eigenvalue weighted by Gasteiger charge is 2.33. The second-order valence-corrected chi connectivity index (χ2v) is 9.45. The second-order valence-electron chi connectivity index (χ2n) is 8.36. The zero-order chi connectivity index (χ0) is 19.7. The summed E-state index contributed by atoms with van der Waals surface area (Å²) < 4.78 is 0. The van der Waals surface area contributed by atoms with Crippen LogP contribution in [0.25, 0.3) is 10.2 Å². The highest BCUT2D eigenvalue weighted by Crippen LogP contribution is 2.45. The van der Waals surface area contributed by atoms with Crippen LogP contribution in [0.1, 0.15) is 56.5 Å². The number of hydrogen-bond acceptors (Lipinski definition) is 5. The maximum Gasteiger partial charge on any atom is 0.158 e. The third-order valence-corrected chi connectivity index (χ3v) is 7.58. The molecule has 4 nitrogen and oxygen atoms in total. The molecule has 146 valence electrons. The lowest BCUT2D eigenvalue weighted by atomic mass is 9.69. The van der Waals surface area contributed by atoms with E-state index in [1.807, 2.05) is 36.5 Å². The van der Waals surface area contributed by atoms with Crippen LogP contribution >= 0.6 is 11.3 Å². The molecule has 1 N–H and O–H groups in total. The fourth-order valence-corrected chi connectivity index (χ4v) is 5.21. The van der Waals surface area contributed by atoms with Crippen LogP contribution in [-0.4, -0.2) is 15.7 Å². The molecular weight excluding hydrogens is 364 g/mol. The molecule has 0 fully saturated rings. The molecule has 0 saturated carbocycles. The Labute approximate surface area is 171 Å². The summed E-state index contributed by atoms with van der Waals surface area (Å²) in [6.45, 7) is 9.13. The van der Waals surface area contributed by atoms with Crippen molar-refractivity contribution in [3.63, 3.8) is 0 Å². The van der Waals surface area contributed by atoms with Gasteiger partial charge in [0.05, 0.1) is 11.1 Å². The summed E-state index contributed by atoms with van der Waals surface area (Å²) in [5.41, 5.74) is 7.08. The third kappa shape index (κ3) is 3.55. The van der Waals surface area contributed by atoms with Crippen molar-refractivity contribution in [2.75, 3.05) is 5.43 Å². The van der Waals surface area contributed by atoms with Gasteiger partial charge in [-0.3, -0.25) is 5.43 Å². The summed E-state index contributed by atoms with van der Waals surface area (Å²) >= 11 is 1.83. The maximum absolute atomic E-state index is 4.61. The monoisotopic (exact) mass is 392 g/mol. The van der Waals surface area contributed by atoms with Gasteiger partial charge in [0.1, 0.15) is 11.2 Å². The Hall–Kier alpha value is -2.27. The lowest BCUT2D eigenvalue weighted by molar-refractivity contribution is 0.184. The van der Waals surface area contributed by atoms with E-state index in [1.54, 1.807) is 6.33 Å². The smallest absolute Gasteiger partial charge is 0.158 e. The number of thiophene rings is 1. The van der Waals surface area contributed by atoms with Gasteiger partial charge in [0, 0.05) is 4.88 Å². The second kappa shape index (κ2) is 7.63. The third-order valence-electron chi connectivity index (χ3n) is 6.38. The van der Waals surface area contributed by atoms with Crippen LogP contribution in [0.5, 0.6) is 0 Å². The minimum Gasteiger partial charge on any atom is -0.260 e. The zero-order valence-electron chi connectivity index (χ0n) is 17.1. The van der Waals surface area contributed by atoms with Crippen LogP contribution in [0.3, 0.4) is 0 Å². The average Bonchev–Trinajstić information content (AvgIpc) is 3.11. The molecule has 1 aromatic carbocycles. The van der Waals surface area contributed by atoms with Crippen molar-refractivity contribution in [1.82, 2.24) is 9.97 Å². The molecule has 1 unspecified atom stereocenters. The molecule has 2 heterocycles. The summed E-state index contributed by atoms with van der Waals surface area (Å²) in [6, 6.07) is 10.2. The first-order valence-electron chi connectivity index (χ1n) is 10.1. The highest BCUT2D eigenvalue weighted by atomic mass is 32.1. The largest absolute Gasteiger partial charge is 0.260 e. The van der Waals surface area contributed by atoms with E-state index in [1.165, 1.54) is 28.7 Å². The Morgan fingerprint density at radius 3 is 2.79 bits per heavy atom. The molecule has 0 radical (unpaired) electrons. The number of aryl methyl sites for hydroxylation is 1. The van der Waals surface area contributed by atoms with Crippen LogP contribution < -0.4 is 5.43 Å². The van der Waals surface area contributed by atoms with E-state index in [0.29, 0.717) is 11.3 Å². The fraction of sp³-hybridized carbons (Fsp3) is 0.435. The molecule has 0 saturated heterocycles. The van der Waals surface area contributed by atoms with Gasteiger partial charge in [0.25, 0.3) is 0 Å². The first-order valence-corrected chi connectivity index (χ1v) is 10.9. The van der Waals surface area contributed by atoms with Crippen molar-refractivity contribution >= 4 is 33.1 Å². The summed E-state index contributed by atoms with van der Waals surface area (Å²) in [4.78, 5) is 11.6. The Balaban J connectivity index is 1.68. The predicted octanol–water partition coefficient (Wildman–Crippen LogP) is 6.07. The van der Waals surface area contributed by atoms with E-state index in [9.17, 15) is 0 Å². The average molecular weight is 393 g/mol. The van der Waals surface area contributed by atoms with Crippen molar-refractivity contribution < 1.29 is 0 Å². The molecule has 0 aliphatic heterocycles. The molecule has 3 aromatic rings. The minimum atomic E-state index is 0.358. The van der Waals surface area contributed by atoms with Gasteiger partial charge in [-0.05, 0) is 48.6 Å².